The van der Waals surface area contributed by atoms with Crippen molar-refractivity contribution in [3.63, 3.8) is 0 Å². The molecule has 1 fully saturated rings. The zero-order chi connectivity index (χ0) is 13.2. The molecule has 0 saturated carbocycles. The molecule has 98 valence electrons. The molecule has 1 heterocycles. The number of carbonyl (C=O) groups is 1. The normalized spacial score (nSPS) is 19.6. The lowest BCUT2D eigenvalue weighted by Gasteiger charge is -2.34. The quantitative estimate of drug-likeness (QED) is 0.846. The van der Waals surface area contributed by atoms with E-state index in [0.717, 1.165) is 30.6 Å². The molecule has 1 saturated heterocycles. The Bertz CT molecular complexity index is 608. The SMILES string of the molecule is CC1CNCCN1C(=O)c1ccc2ccccc2c1. The zero-order valence-corrected chi connectivity index (χ0v) is 11.1. The lowest BCUT2D eigenvalue weighted by atomic mass is 10.1. The highest BCUT2D eigenvalue weighted by Gasteiger charge is 2.23. The van der Waals surface area contributed by atoms with Gasteiger partial charge in [0.05, 0.1) is 0 Å². The van der Waals surface area contributed by atoms with Crippen molar-refractivity contribution < 1.29 is 4.79 Å². The van der Waals surface area contributed by atoms with E-state index in [1.54, 1.807) is 0 Å². The molecule has 1 aliphatic heterocycles. The van der Waals surface area contributed by atoms with Crippen molar-refractivity contribution in [2.24, 2.45) is 0 Å². The van der Waals surface area contributed by atoms with Crippen LogP contribution in [0.3, 0.4) is 0 Å². The molecular weight excluding hydrogens is 236 g/mol. The van der Waals surface area contributed by atoms with Crippen molar-refractivity contribution in [1.29, 1.82) is 0 Å². The molecule has 0 radical (unpaired) electrons. The van der Waals surface area contributed by atoms with Gasteiger partial charge in [0.2, 0.25) is 0 Å². The molecule has 3 nitrogen and oxygen atoms in total. The number of nitrogens with one attached hydrogen (secondary N) is 1. The monoisotopic (exact) mass is 254 g/mol. The van der Waals surface area contributed by atoms with Gasteiger partial charge in [0.1, 0.15) is 0 Å². The highest BCUT2D eigenvalue weighted by atomic mass is 16.2. The Hall–Kier alpha value is -1.87. The van der Waals surface area contributed by atoms with Crippen LogP contribution in [-0.4, -0.2) is 36.5 Å². The average Bonchev–Trinajstić information content (AvgIpc) is 2.46. The van der Waals surface area contributed by atoms with Gasteiger partial charge >= 0.3 is 0 Å². The molecule has 1 N–H and O–H groups in total. The molecule has 0 spiro atoms. The predicted molar refractivity (Wildman–Crippen MR) is 77.3 cm³/mol. The molecule has 0 aliphatic carbocycles. The van der Waals surface area contributed by atoms with Gasteiger partial charge in [-0.25, -0.2) is 0 Å². The number of fused-ring (bicyclic) bond motifs is 1. The highest BCUT2D eigenvalue weighted by Crippen LogP contribution is 2.18. The minimum absolute atomic E-state index is 0.139. The molecule has 3 rings (SSSR count). The van der Waals surface area contributed by atoms with Gasteiger partial charge in [-0.3, -0.25) is 4.79 Å². The first-order valence-corrected chi connectivity index (χ1v) is 6.76. The lowest BCUT2D eigenvalue weighted by molar-refractivity contribution is 0.0656. The van der Waals surface area contributed by atoms with Gasteiger partial charge in [-0.2, -0.15) is 0 Å². The Morgan fingerprint density at radius 2 is 2.00 bits per heavy atom. The first-order valence-electron chi connectivity index (χ1n) is 6.76. The van der Waals surface area contributed by atoms with E-state index in [1.807, 2.05) is 41.3 Å². The van der Waals surface area contributed by atoms with E-state index in [9.17, 15) is 4.79 Å². The van der Waals surface area contributed by atoms with Gasteiger partial charge in [0.15, 0.2) is 0 Å². The van der Waals surface area contributed by atoms with Crippen molar-refractivity contribution >= 4 is 16.7 Å². The van der Waals surface area contributed by atoms with Gasteiger partial charge < -0.3 is 10.2 Å². The van der Waals surface area contributed by atoms with E-state index >= 15 is 0 Å². The van der Waals surface area contributed by atoms with Crippen LogP contribution >= 0.6 is 0 Å². The van der Waals surface area contributed by atoms with Crippen molar-refractivity contribution in [2.45, 2.75) is 13.0 Å². The van der Waals surface area contributed by atoms with Crippen molar-refractivity contribution in [2.75, 3.05) is 19.6 Å². The lowest BCUT2D eigenvalue weighted by Crippen LogP contribution is -2.52. The average molecular weight is 254 g/mol. The molecule has 0 bridgehead atoms. The van der Waals surface area contributed by atoms with Crippen molar-refractivity contribution in [3.8, 4) is 0 Å². The summed E-state index contributed by atoms with van der Waals surface area (Å²) in [6, 6.07) is 14.3. The topological polar surface area (TPSA) is 32.3 Å². The number of hydrogen-bond acceptors (Lipinski definition) is 2. The van der Waals surface area contributed by atoms with Crippen molar-refractivity contribution in [1.82, 2.24) is 10.2 Å². The van der Waals surface area contributed by atoms with Gasteiger partial charge in [0, 0.05) is 31.2 Å². The predicted octanol–water partition coefficient (Wildman–Crippen LogP) is 2.27. The number of carbonyl (C=O) groups excluding carboxylic acids is 1. The van der Waals surface area contributed by atoms with E-state index < -0.39 is 0 Å². The Balaban J connectivity index is 1.92. The van der Waals surface area contributed by atoms with Crippen LogP contribution in [-0.2, 0) is 0 Å². The summed E-state index contributed by atoms with van der Waals surface area (Å²) in [6.45, 7) is 4.63. The Kier molecular flexibility index (Phi) is 3.22. The second kappa shape index (κ2) is 5.02. The van der Waals surface area contributed by atoms with Crippen LogP contribution in [0.2, 0.25) is 0 Å². The zero-order valence-electron chi connectivity index (χ0n) is 11.1. The van der Waals surface area contributed by atoms with Crippen molar-refractivity contribution in [3.05, 3.63) is 48.0 Å². The van der Waals surface area contributed by atoms with E-state index in [1.165, 1.54) is 5.39 Å². The second-order valence-corrected chi connectivity index (χ2v) is 5.11. The van der Waals surface area contributed by atoms with Crippen LogP contribution in [0.5, 0.6) is 0 Å². The second-order valence-electron chi connectivity index (χ2n) is 5.11. The minimum Gasteiger partial charge on any atom is -0.333 e. The van der Waals surface area contributed by atoms with Crippen LogP contribution in [0.1, 0.15) is 17.3 Å². The summed E-state index contributed by atoms with van der Waals surface area (Å²) in [4.78, 5) is 14.5. The molecule has 19 heavy (non-hydrogen) atoms. The summed E-state index contributed by atoms with van der Waals surface area (Å²) in [5.41, 5.74) is 0.785. The van der Waals surface area contributed by atoms with E-state index in [0.29, 0.717) is 0 Å². The largest absolute Gasteiger partial charge is 0.333 e. The summed E-state index contributed by atoms with van der Waals surface area (Å²) >= 11 is 0. The smallest absolute Gasteiger partial charge is 0.254 e. The van der Waals surface area contributed by atoms with E-state index in [-0.39, 0.29) is 11.9 Å². The third-order valence-electron chi connectivity index (χ3n) is 3.76. The summed E-state index contributed by atoms with van der Waals surface area (Å²) in [7, 11) is 0. The first-order chi connectivity index (χ1) is 9.25. The van der Waals surface area contributed by atoms with Gasteiger partial charge in [0.25, 0.3) is 5.91 Å². The number of piperazine rings is 1. The maximum Gasteiger partial charge on any atom is 0.254 e. The molecule has 1 aliphatic rings. The standard InChI is InChI=1S/C16H18N2O/c1-12-11-17-8-9-18(12)16(19)15-7-6-13-4-2-3-5-14(13)10-15/h2-7,10,12,17H,8-9,11H2,1H3. The molecule has 2 aromatic rings. The molecule has 1 unspecified atom stereocenters. The Morgan fingerprint density at radius 3 is 2.79 bits per heavy atom. The Labute approximate surface area is 113 Å². The molecule has 2 aromatic carbocycles. The highest BCUT2D eigenvalue weighted by molar-refractivity contribution is 5.98. The summed E-state index contributed by atoms with van der Waals surface area (Å²) in [5, 5.41) is 5.60. The van der Waals surface area contributed by atoms with Crippen LogP contribution in [0.15, 0.2) is 42.5 Å². The molecule has 3 heteroatoms. The van der Waals surface area contributed by atoms with E-state index in [4.69, 9.17) is 0 Å². The van der Waals surface area contributed by atoms with Crippen LogP contribution in [0.4, 0.5) is 0 Å². The van der Waals surface area contributed by atoms with Gasteiger partial charge in [-0.15, -0.1) is 0 Å². The fraction of sp³-hybridized carbons (Fsp3) is 0.312. The fourth-order valence-electron chi connectivity index (χ4n) is 2.63. The fourth-order valence-corrected chi connectivity index (χ4v) is 2.63. The van der Waals surface area contributed by atoms with Gasteiger partial charge in [-0.05, 0) is 29.8 Å². The molecule has 0 aromatic heterocycles. The van der Waals surface area contributed by atoms with Gasteiger partial charge in [-0.1, -0.05) is 30.3 Å². The molecule has 1 amide bonds. The van der Waals surface area contributed by atoms with Crippen LogP contribution in [0.25, 0.3) is 10.8 Å². The third kappa shape index (κ3) is 2.34. The summed E-state index contributed by atoms with van der Waals surface area (Å²) in [6.07, 6.45) is 0. The van der Waals surface area contributed by atoms with E-state index in [2.05, 4.69) is 18.3 Å². The number of rotatable bonds is 1. The maximum atomic E-state index is 12.6. The summed E-state index contributed by atoms with van der Waals surface area (Å²) < 4.78 is 0. The molecule has 1 atom stereocenters. The van der Waals surface area contributed by atoms with Crippen LogP contribution < -0.4 is 5.32 Å². The number of nitrogens with zero attached hydrogens (tertiary/aromatic N) is 1. The number of benzene rings is 2. The maximum absolute atomic E-state index is 12.6. The third-order valence-corrected chi connectivity index (χ3v) is 3.76. The number of amides is 1. The first kappa shape index (κ1) is 12.2. The Morgan fingerprint density at radius 1 is 1.21 bits per heavy atom. The minimum atomic E-state index is 0.139. The molecular formula is C16H18N2O. The van der Waals surface area contributed by atoms with Crippen LogP contribution in [0, 0.1) is 0 Å². The number of hydrogen-bond donors (Lipinski definition) is 1. The summed E-state index contributed by atoms with van der Waals surface area (Å²) in [5.74, 6) is 0.139.